The van der Waals surface area contributed by atoms with Gasteiger partial charge in [-0.2, -0.15) is 5.10 Å². The molecule has 8 nitrogen and oxygen atoms in total. The van der Waals surface area contributed by atoms with E-state index in [1.54, 1.807) is 71.6 Å². The molecule has 0 fully saturated rings. The van der Waals surface area contributed by atoms with Crippen molar-refractivity contribution in [2.75, 3.05) is 5.32 Å². The van der Waals surface area contributed by atoms with Crippen molar-refractivity contribution in [2.24, 2.45) is 0 Å². The van der Waals surface area contributed by atoms with E-state index in [2.05, 4.69) is 20.4 Å². The van der Waals surface area contributed by atoms with Crippen molar-refractivity contribution >= 4 is 34.1 Å². The number of carbonyl (C=O) groups excluding carboxylic acids is 1. The summed E-state index contributed by atoms with van der Waals surface area (Å²) >= 11 is 6.00. The van der Waals surface area contributed by atoms with Crippen molar-refractivity contribution in [3.8, 4) is 17.1 Å². The van der Waals surface area contributed by atoms with Gasteiger partial charge in [-0.25, -0.2) is 9.67 Å². The number of hydrogen-bond donors (Lipinski definition) is 2. The maximum absolute atomic E-state index is 12.9. The third-order valence-corrected chi connectivity index (χ3v) is 4.94. The van der Waals surface area contributed by atoms with Crippen LogP contribution in [0.25, 0.3) is 28.0 Å². The van der Waals surface area contributed by atoms with Crippen LogP contribution in [0.2, 0.25) is 5.02 Å². The van der Waals surface area contributed by atoms with Crippen LogP contribution < -0.4 is 10.9 Å². The first-order valence-electron chi connectivity index (χ1n) is 9.27. The Kier molecular flexibility index (Phi) is 4.61. The van der Waals surface area contributed by atoms with Gasteiger partial charge in [-0.1, -0.05) is 11.6 Å². The minimum atomic E-state index is -0.430. The lowest BCUT2D eigenvalue weighted by Gasteiger charge is -2.06. The van der Waals surface area contributed by atoms with Crippen LogP contribution in [0.3, 0.4) is 0 Å². The smallest absolute Gasteiger partial charge is 0.276 e. The fourth-order valence-corrected chi connectivity index (χ4v) is 3.34. The van der Waals surface area contributed by atoms with Crippen LogP contribution in [-0.4, -0.2) is 25.7 Å². The number of rotatable bonds is 4. The maximum Gasteiger partial charge on any atom is 0.276 e. The molecule has 31 heavy (non-hydrogen) atoms. The Bertz CT molecular complexity index is 1450. The number of halogens is 1. The van der Waals surface area contributed by atoms with Crippen LogP contribution in [-0.2, 0) is 0 Å². The van der Waals surface area contributed by atoms with Gasteiger partial charge in [-0.3, -0.25) is 9.59 Å². The monoisotopic (exact) mass is 431 g/mol. The molecule has 0 unspecified atom stereocenters. The molecule has 0 saturated carbocycles. The zero-order valence-electron chi connectivity index (χ0n) is 15.9. The summed E-state index contributed by atoms with van der Waals surface area (Å²) in [6, 6.07) is 17.2. The van der Waals surface area contributed by atoms with Crippen molar-refractivity contribution in [3.05, 3.63) is 94.3 Å². The molecule has 1 amide bonds. The second-order valence-electron chi connectivity index (χ2n) is 6.70. The zero-order valence-corrected chi connectivity index (χ0v) is 16.6. The molecular weight excluding hydrogens is 418 g/mol. The minimum absolute atomic E-state index is 0.182. The number of furan rings is 1. The highest BCUT2D eigenvalue weighted by Crippen LogP contribution is 2.26. The summed E-state index contributed by atoms with van der Waals surface area (Å²) in [6.07, 6.45) is 2.89. The van der Waals surface area contributed by atoms with Gasteiger partial charge in [0.15, 0.2) is 11.5 Å². The van der Waals surface area contributed by atoms with Crippen molar-refractivity contribution in [2.45, 2.75) is 0 Å². The molecule has 0 aliphatic carbocycles. The van der Waals surface area contributed by atoms with Gasteiger partial charge >= 0.3 is 0 Å². The number of fused-ring (bicyclic) bond motifs is 1. The number of H-pyrrole nitrogens is 1. The number of aromatic nitrogens is 4. The third kappa shape index (κ3) is 3.60. The number of nitrogens with zero attached hydrogens (tertiary/aromatic N) is 3. The number of aromatic amines is 1. The standard InChI is InChI=1S/C22H14ClN5O3/c23-13-3-6-15(7-4-13)28-19(20-2-1-9-31-20)11-18(27-28)22(30)26-14-5-8-17-16(10-14)21(29)25-12-24-17/h1-12H,(H,26,30)(H,24,25,29). The molecule has 0 spiro atoms. The first kappa shape index (κ1) is 18.8. The predicted molar refractivity (Wildman–Crippen MR) is 117 cm³/mol. The van der Waals surface area contributed by atoms with E-state index in [1.165, 1.54) is 6.33 Å². The van der Waals surface area contributed by atoms with Crippen LogP contribution in [0, 0.1) is 0 Å². The van der Waals surface area contributed by atoms with E-state index in [1.807, 2.05) is 0 Å². The molecule has 2 N–H and O–H groups in total. The molecule has 5 rings (SSSR count). The average Bonchev–Trinajstić information content (AvgIpc) is 3.45. The third-order valence-electron chi connectivity index (χ3n) is 4.69. The summed E-state index contributed by atoms with van der Waals surface area (Å²) in [7, 11) is 0. The van der Waals surface area contributed by atoms with Gasteiger partial charge in [-0.15, -0.1) is 0 Å². The summed E-state index contributed by atoms with van der Waals surface area (Å²) in [5.41, 5.74) is 2.22. The van der Waals surface area contributed by atoms with Crippen LogP contribution in [0.5, 0.6) is 0 Å². The minimum Gasteiger partial charge on any atom is -0.463 e. The van der Waals surface area contributed by atoms with Gasteiger partial charge < -0.3 is 14.7 Å². The van der Waals surface area contributed by atoms with Gasteiger partial charge in [0.1, 0.15) is 5.69 Å². The second kappa shape index (κ2) is 7.58. The first-order chi connectivity index (χ1) is 15.1. The number of hydrogen-bond acceptors (Lipinski definition) is 5. The van der Waals surface area contributed by atoms with E-state index >= 15 is 0 Å². The maximum atomic E-state index is 12.9. The molecule has 9 heteroatoms. The van der Waals surface area contributed by atoms with E-state index in [9.17, 15) is 9.59 Å². The first-order valence-corrected chi connectivity index (χ1v) is 9.65. The van der Waals surface area contributed by atoms with Gasteiger partial charge in [-0.05, 0) is 54.6 Å². The molecule has 0 bridgehead atoms. The largest absolute Gasteiger partial charge is 0.463 e. The molecule has 0 aliphatic heterocycles. The van der Waals surface area contributed by atoms with Crippen LogP contribution in [0.1, 0.15) is 10.5 Å². The van der Waals surface area contributed by atoms with E-state index in [-0.39, 0.29) is 11.3 Å². The van der Waals surface area contributed by atoms with Crippen molar-refractivity contribution in [1.29, 1.82) is 0 Å². The van der Waals surface area contributed by atoms with Crippen molar-refractivity contribution < 1.29 is 9.21 Å². The average molecular weight is 432 g/mol. The Balaban J connectivity index is 1.52. The van der Waals surface area contributed by atoms with E-state index < -0.39 is 5.91 Å². The van der Waals surface area contributed by atoms with E-state index in [0.29, 0.717) is 33.1 Å². The summed E-state index contributed by atoms with van der Waals surface area (Å²) in [5.74, 6) is 0.130. The molecule has 3 aromatic heterocycles. The molecule has 152 valence electrons. The topological polar surface area (TPSA) is 106 Å². The molecule has 2 aromatic carbocycles. The normalized spacial score (nSPS) is 11.0. The lowest BCUT2D eigenvalue weighted by Crippen LogP contribution is -2.14. The highest BCUT2D eigenvalue weighted by atomic mass is 35.5. The lowest BCUT2D eigenvalue weighted by atomic mass is 10.2. The Morgan fingerprint density at radius 2 is 1.94 bits per heavy atom. The van der Waals surface area contributed by atoms with E-state index in [4.69, 9.17) is 16.0 Å². The Labute approximate surface area is 180 Å². The van der Waals surface area contributed by atoms with Crippen LogP contribution in [0.15, 0.2) is 82.5 Å². The van der Waals surface area contributed by atoms with Gasteiger partial charge in [0.25, 0.3) is 11.5 Å². The van der Waals surface area contributed by atoms with Gasteiger partial charge in [0.05, 0.1) is 29.2 Å². The highest BCUT2D eigenvalue weighted by Gasteiger charge is 2.19. The Morgan fingerprint density at radius 3 is 2.71 bits per heavy atom. The Hall–Kier alpha value is -4.17. The molecule has 5 aromatic rings. The lowest BCUT2D eigenvalue weighted by molar-refractivity contribution is 0.102. The zero-order chi connectivity index (χ0) is 21.4. The molecule has 0 saturated heterocycles. The van der Waals surface area contributed by atoms with Crippen LogP contribution in [0.4, 0.5) is 5.69 Å². The summed E-state index contributed by atoms with van der Waals surface area (Å²) < 4.78 is 7.12. The van der Waals surface area contributed by atoms with Gasteiger partial charge in [0.2, 0.25) is 0 Å². The summed E-state index contributed by atoms with van der Waals surface area (Å²) in [6.45, 7) is 0. The number of benzene rings is 2. The molecule has 0 atom stereocenters. The highest BCUT2D eigenvalue weighted by molar-refractivity contribution is 6.30. The molecule has 0 aliphatic rings. The second-order valence-corrected chi connectivity index (χ2v) is 7.13. The fraction of sp³-hybridized carbons (Fsp3) is 0. The Morgan fingerprint density at radius 1 is 1.10 bits per heavy atom. The van der Waals surface area contributed by atoms with Crippen LogP contribution >= 0.6 is 11.6 Å². The fourth-order valence-electron chi connectivity index (χ4n) is 3.21. The summed E-state index contributed by atoms with van der Waals surface area (Å²) in [5, 5.41) is 8.21. The quantitative estimate of drug-likeness (QED) is 0.442. The van der Waals surface area contributed by atoms with Gasteiger partial charge in [0, 0.05) is 16.8 Å². The SMILES string of the molecule is O=C(Nc1ccc2nc[nH]c(=O)c2c1)c1cc(-c2ccco2)n(-c2ccc(Cl)cc2)n1. The number of nitrogens with one attached hydrogen (secondary N) is 2. The molecule has 3 heterocycles. The number of carbonyl (C=O) groups is 1. The van der Waals surface area contributed by atoms with E-state index in [0.717, 1.165) is 5.69 Å². The number of anilines is 1. The van der Waals surface area contributed by atoms with Crippen molar-refractivity contribution in [1.82, 2.24) is 19.7 Å². The van der Waals surface area contributed by atoms with Crippen molar-refractivity contribution in [3.63, 3.8) is 0 Å². The molecule has 0 radical (unpaired) electrons. The number of amides is 1. The predicted octanol–water partition coefficient (Wildman–Crippen LogP) is 4.27. The summed E-state index contributed by atoms with van der Waals surface area (Å²) in [4.78, 5) is 31.5. The molecular formula is C22H14ClN5O3.